The summed E-state index contributed by atoms with van der Waals surface area (Å²) < 4.78 is 0. The lowest BCUT2D eigenvalue weighted by Gasteiger charge is -2.18. The molecule has 1 aromatic rings. The SMILES string of the molecule is CC(C)Cc1ccc(C(N)CSC(C)C(C)O)cc1. The van der Waals surface area contributed by atoms with Crippen molar-refractivity contribution in [3.63, 3.8) is 0 Å². The fourth-order valence-corrected chi connectivity index (χ4v) is 2.85. The fraction of sp³-hybridized carbons (Fsp3) is 0.625. The van der Waals surface area contributed by atoms with Gasteiger partial charge in [0.2, 0.25) is 0 Å². The average molecular weight is 281 g/mol. The maximum atomic E-state index is 9.46. The Morgan fingerprint density at radius 2 is 1.68 bits per heavy atom. The van der Waals surface area contributed by atoms with Gasteiger partial charge >= 0.3 is 0 Å². The Labute approximate surface area is 121 Å². The van der Waals surface area contributed by atoms with E-state index in [0.29, 0.717) is 5.92 Å². The van der Waals surface area contributed by atoms with Crippen molar-refractivity contribution in [2.75, 3.05) is 5.75 Å². The van der Waals surface area contributed by atoms with Crippen LogP contribution in [0.4, 0.5) is 0 Å². The molecule has 0 radical (unpaired) electrons. The van der Waals surface area contributed by atoms with Crippen molar-refractivity contribution in [2.24, 2.45) is 11.7 Å². The molecule has 0 bridgehead atoms. The first-order valence-electron chi connectivity index (χ1n) is 7.04. The molecule has 0 fully saturated rings. The van der Waals surface area contributed by atoms with Crippen LogP contribution in [0.3, 0.4) is 0 Å². The predicted molar refractivity (Wildman–Crippen MR) is 85.5 cm³/mol. The molecule has 19 heavy (non-hydrogen) atoms. The summed E-state index contributed by atoms with van der Waals surface area (Å²) in [7, 11) is 0. The van der Waals surface area contributed by atoms with Gasteiger partial charge in [-0.1, -0.05) is 45.0 Å². The third-order valence-corrected chi connectivity index (χ3v) is 4.74. The van der Waals surface area contributed by atoms with Crippen LogP contribution in [-0.2, 0) is 6.42 Å². The lowest BCUT2D eigenvalue weighted by atomic mass is 10.0. The molecule has 0 heterocycles. The summed E-state index contributed by atoms with van der Waals surface area (Å²) in [5, 5.41) is 9.69. The second kappa shape index (κ2) is 7.93. The lowest BCUT2D eigenvalue weighted by Crippen LogP contribution is -2.20. The molecule has 0 aliphatic heterocycles. The Morgan fingerprint density at radius 3 is 2.16 bits per heavy atom. The van der Waals surface area contributed by atoms with Crippen LogP contribution in [0, 0.1) is 5.92 Å². The fourth-order valence-electron chi connectivity index (χ4n) is 1.86. The monoisotopic (exact) mass is 281 g/mol. The van der Waals surface area contributed by atoms with Gasteiger partial charge in [-0.25, -0.2) is 0 Å². The van der Waals surface area contributed by atoms with E-state index in [1.165, 1.54) is 11.1 Å². The third-order valence-electron chi connectivity index (χ3n) is 3.27. The van der Waals surface area contributed by atoms with Crippen LogP contribution in [0.1, 0.15) is 44.9 Å². The van der Waals surface area contributed by atoms with Crippen molar-refractivity contribution < 1.29 is 5.11 Å². The zero-order chi connectivity index (χ0) is 14.4. The molecule has 0 saturated carbocycles. The van der Waals surface area contributed by atoms with Crippen molar-refractivity contribution in [2.45, 2.75) is 51.5 Å². The topological polar surface area (TPSA) is 46.2 Å². The van der Waals surface area contributed by atoms with Gasteiger partial charge in [-0.2, -0.15) is 11.8 Å². The number of hydrogen-bond acceptors (Lipinski definition) is 3. The molecule has 1 aromatic carbocycles. The number of rotatable bonds is 7. The zero-order valence-electron chi connectivity index (χ0n) is 12.5. The van der Waals surface area contributed by atoms with E-state index in [0.717, 1.165) is 12.2 Å². The molecular formula is C16H27NOS. The smallest absolute Gasteiger partial charge is 0.0628 e. The number of aliphatic hydroxyl groups excluding tert-OH is 1. The van der Waals surface area contributed by atoms with Gasteiger partial charge in [0.05, 0.1) is 6.10 Å². The maximum absolute atomic E-state index is 9.46. The molecule has 3 heteroatoms. The van der Waals surface area contributed by atoms with E-state index in [4.69, 9.17) is 5.73 Å². The van der Waals surface area contributed by atoms with E-state index < -0.39 is 0 Å². The summed E-state index contributed by atoms with van der Waals surface area (Å²) in [6.45, 7) is 8.32. The summed E-state index contributed by atoms with van der Waals surface area (Å²) >= 11 is 1.73. The number of aliphatic hydroxyl groups is 1. The molecule has 108 valence electrons. The minimum Gasteiger partial charge on any atom is -0.392 e. The Hall–Kier alpha value is -0.510. The Balaban J connectivity index is 2.50. The van der Waals surface area contributed by atoms with Crippen LogP contribution >= 0.6 is 11.8 Å². The highest BCUT2D eigenvalue weighted by molar-refractivity contribution is 7.99. The Bertz CT molecular complexity index is 362. The van der Waals surface area contributed by atoms with Crippen molar-refractivity contribution in [1.29, 1.82) is 0 Å². The highest BCUT2D eigenvalue weighted by atomic mass is 32.2. The zero-order valence-corrected chi connectivity index (χ0v) is 13.3. The molecule has 0 aromatic heterocycles. The second-order valence-corrected chi connectivity index (χ2v) is 7.14. The van der Waals surface area contributed by atoms with Crippen LogP contribution in [-0.4, -0.2) is 22.2 Å². The van der Waals surface area contributed by atoms with Gasteiger partial charge in [-0.3, -0.25) is 0 Å². The molecule has 1 rings (SSSR count). The first-order valence-corrected chi connectivity index (χ1v) is 8.09. The van der Waals surface area contributed by atoms with E-state index in [-0.39, 0.29) is 17.4 Å². The molecule has 3 N–H and O–H groups in total. The van der Waals surface area contributed by atoms with Crippen LogP contribution < -0.4 is 5.73 Å². The Morgan fingerprint density at radius 1 is 1.11 bits per heavy atom. The van der Waals surface area contributed by atoms with Gasteiger partial charge in [0.1, 0.15) is 0 Å². The standard InChI is InChI=1S/C16H27NOS/c1-11(2)9-14-5-7-15(8-6-14)16(17)10-19-13(4)12(3)18/h5-8,11-13,16,18H,9-10,17H2,1-4H3. The van der Waals surface area contributed by atoms with E-state index in [1.807, 2.05) is 13.8 Å². The van der Waals surface area contributed by atoms with Crippen LogP contribution in [0.5, 0.6) is 0 Å². The molecule has 0 amide bonds. The minimum atomic E-state index is -0.286. The summed E-state index contributed by atoms with van der Waals surface area (Å²) in [6.07, 6.45) is 0.828. The molecule has 2 nitrogen and oxygen atoms in total. The van der Waals surface area contributed by atoms with Crippen LogP contribution in [0.25, 0.3) is 0 Å². The maximum Gasteiger partial charge on any atom is 0.0628 e. The summed E-state index contributed by atoms with van der Waals surface area (Å²) in [5.74, 6) is 1.53. The highest BCUT2D eigenvalue weighted by Crippen LogP contribution is 2.22. The van der Waals surface area contributed by atoms with Crippen molar-refractivity contribution >= 4 is 11.8 Å². The molecule has 0 spiro atoms. The van der Waals surface area contributed by atoms with Gasteiger partial charge < -0.3 is 10.8 Å². The van der Waals surface area contributed by atoms with Gasteiger partial charge in [0.15, 0.2) is 0 Å². The number of thioether (sulfide) groups is 1. The molecule has 0 saturated heterocycles. The number of benzene rings is 1. The Kier molecular flexibility index (Phi) is 6.90. The van der Waals surface area contributed by atoms with Gasteiger partial charge in [-0.05, 0) is 30.4 Å². The quantitative estimate of drug-likeness (QED) is 0.805. The largest absolute Gasteiger partial charge is 0.392 e. The number of nitrogens with two attached hydrogens (primary N) is 1. The normalized spacial score (nSPS) is 16.4. The minimum absolute atomic E-state index is 0.0410. The average Bonchev–Trinajstić information content (AvgIpc) is 2.35. The van der Waals surface area contributed by atoms with E-state index in [1.54, 1.807) is 11.8 Å². The first kappa shape index (κ1) is 16.5. The van der Waals surface area contributed by atoms with Gasteiger partial charge in [0, 0.05) is 17.0 Å². The first-order chi connectivity index (χ1) is 8.90. The summed E-state index contributed by atoms with van der Waals surface area (Å²) in [4.78, 5) is 0. The lowest BCUT2D eigenvalue weighted by molar-refractivity contribution is 0.196. The van der Waals surface area contributed by atoms with Crippen molar-refractivity contribution in [1.82, 2.24) is 0 Å². The van der Waals surface area contributed by atoms with Crippen LogP contribution in [0.2, 0.25) is 0 Å². The summed E-state index contributed by atoms with van der Waals surface area (Å²) in [6, 6.07) is 8.67. The van der Waals surface area contributed by atoms with Crippen LogP contribution in [0.15, 0.2) is 24.3 Å². The van der Waals surface area contributed by atoms with E-state index in [9.17, 15) is 5.11 Å². The predicted octanol–water partition coefficient (Wildman–Crippen LogP) is 3.39. The van der Waals surface area contributed by atoms with E-state index in [2.05, 4.69) is 38.1 Å². The highest BCUT2D eigenvalue weighted by Gasteiger charge is 2.13. The van der Waals surface area contributed by atoms with Gasteiger partial charge in [-0.15, -0.1) is 0 Å². The van der Waals surface area contributed by atoms with Crippen molar-refractivity contribution in [3.8, 4) is 0 Å². The second-order valence-electron chi connectivity index (χ2n) is 5.73. The molecule has 0 aliphatic carbocycles. The number of hydrogen-bond donors (Lipinski definition) is 2. The molecule has 0 aliphatic rings. The van der Waals surface area contributed by atoms with Crippen molar-refractivity contribution in [3.05, 3.63) is 35.4 Å². The molecule has 3 unspecified atom stereocenters. The third kappa shape index (κ3) is 5.98. The molecular weight excluding hydrogens is 254 g/mol. The van der Waals surface area contributed by atoms with Gasteiger partial charge in [0.25, 0.3) is 0 Å². The molecule has 3 atom stereocenters. The van der Waals surface area contributed by atoms with E-state index >= 15 is 0 Å². The summed E-state index contributed by atoms with van der Waals surface area (Å²) in [5.41, 5.74) is 8.74.